The Balaban J connectivity index is 2.31. The molecule has 1 heterocycles. The zero-order valence-electron chi connectivity index (χ0n) is 8.77. The SMILES string of the molecule is Cc1ccccc1Sc1ncc(Br)cc1N. The lowest BCUT2D eigenvalue weighted by Gasteiger charge is -2.06. The van der Waals surface area contributed by atoms with Gasteiger partial charge in [-0.05, 0) is 40.5 Å². The predicted molar refractivity (Wildman–Crippen MR) is 71.7 cm³/mol. The van der Waals surface area contributed by atoms with Crippen molar-refractivity contribution in [1.29, 1.82) is 0 Å². The van der Waals surface area contributed by atoms with Gasteiger partial charge in [-0.15, -0.1) is 0 Å². The lowest BCUT2D eigenvalue weighted by molar-refractivity contribution is 1.13. The van der Waals surface area contributed by atoms with E-state index in [4.69, 9.17) is 5.73 Å². The van der Waals surface area contributed by atoms with E-state index in [1.165, 1.54) is 10.5 Å². The third kappa shape index (κ3) is 2.57. The van der Waals surface area contributed by atoms with Gasteiger partial charge in [0.05, 0.1) is 5.69 Å². The molecule has 0 aliphatic heterocycles. The number of nitrogen functional groups attached to an aromatic ring is 1. The third-order valence-corrected chi connectivity index (χ3v) is 3.79. The Labute approximate surface area is 107 Å². The number of halogens is 1. The molecule has 0 bridgehead atoms. The average molecular weight is 295 g/mol. The van der Waals surface area contributed by atoms with Gasteiger partial charge in [0.2, 0.25) is 0 Å². The van der Waals surface area contributed by atoms with E-state index in [2.05, 4.69) is 40.0 Å². The molecule has 0 saturated heterocycles. The third-order valence-electron chi connectivity index (χ3n) is 2.15. The minimum Gasteiger partial charge on any atom is -0.397 e. The van der Waals surface area contributed by atoms with Crippen molar-refractivity contribution < 1.29 is 0 Å². The van der Waals surface area contributed by atoms with Crippen molar-refractivity contribution in [2.45, 2.75) is 16.8 Å². The zero-order chi connectivity index (χ0) is 11.5. The zero-order valence-corrected chi connectivity index (χ0v) is 11.2. The van der Waals surface area contributed by atoms with Gasteiger partial charge in [0.15, 0.2) is 0 Å². The van der Waals surface area contributed by atoms with Crippen molar-refractivity contribution in [2.24, 2.45) is 0 Å². The van der Waals surface area contributed by atoms with Crippen LogP contribution < -0.4 is 5.73 Å². The van der Waals surface area contributed by atoms with E-state index in [0.29, 0.717) is 5.69 Å². The van der Waals surface area contributed by atoms with Crippen molar-refractivity contribution in [3.8, 4) is 0 Å². The maximum Gasteiger partial charge on any atom is 0.124 e. The predicted octanol–water partition coefficient (Wildman–Crippen LogP) is 3.89. The molecule has 0 aliphatic rings. The number of rotatable bonds is 2. The largest absolute Gasteiger partial charge is 0.397 e. The van der Waals surface area contributed by atoms with Gasteiger partial charge < -0.3 is 5.73 Å². The smallest absolute Gasteiger partial charge is 0.124 e. The fraction of sp³-hybridized carbons (Fsp3) is 0.0833. The first-order valence-corrected chi connectivity index (χ1v) is 6.42. The van der Waals surface area contributed by atoms with Gasteiger partial charge in [-0.2, -0.15) is 0 Å². The fourth-order valence-electron chi connectivity index (χ4n) is 1.30. The van der Waals surface area contributed by atoms with Crippen LogP contribution >= 0.6 is 27.7 Å². The summed E-state index contributed by atoms with van der Waals surface area (Å²) in [7, 11) is 0. The molecule has 1 aromatic heterocycles. The van der Waals surface area contributed by atoms with Crippen LogP contribution in [0.15, 0.2) is 50.9 Å². The molecule has 0 spiro atoms. The maximum atomic E-state index is 5.91. The Morgan fingerprint density at radius 3 is 2.75 bits per heavy atom. The summed E-state index contributed by atoms with van der Waals surface area (Å²) in [4.78, 5) is 5.49. The van der Waals surface area contributed by atoms with Crippen LogP contribution in [0.3, 0.4) is 0 Å². The van der Waals surface area contributed by atoms with Crippen LogP contribution in [-0.4, -0.2) is 4.98 Å². The number of anilines is 1. The van der Waals surface area contributed by atoms with Crippen LogP contribution in [0.25, 0.3) is 0 Å². The monoisotopic (exact) mass is 294 g/mol. The fourth-order valence-corrected chi connectivity index (χ4v) is 2.52. The second-order valence-corrected chi connectivity index (χ2v) is 5.36. The van der Waals surface area contributed by atoms with Crippen LogP contribution in [-0.2, 0) is 0 Å². The first-order chi connectivity index (χ1) is 7.66. The highest BCUT2D eigenvalue weighted by atomic mass is 79.9. The molecule has 2 rings (SSSR count). The van der Waals surface area contributed by atoms with Crippen LogP contribution in [0, 0.1) is 6.92 Å². The molecule has 0 radical (unpaired) electrons. The van der Waals surface area contributed by atoms with Crippen molar-refractivity contribution in [2.75, 3.05) is 5.73 Å². The Hall–Kier alpha value is -1.00. The van der Waals surface area contributed by atoms with Crippen molar-refractivity contribution in [1.82, 2.24) is 4.98 Å². The molecule has 2 nitrogen and oxygen atoms in total. The summed E-state index contributed by atoms with van der Waals surface area (Å²) in [5.41, 5.74) is 7.84. The van der Waals surface area contributed by atoms with Gasteiger partial charge in [0.1, 0.15) is 5.03 Å². The van der Waals surface area contributed by atoms with E-state index < -0.39 is 0 Å². The average Bonchev–Trinajstić information content (AvgIpc) is 2.25. The minimum absolute atomic E-state index is 0.697. The normalized spacial score (nSPS) is 10.4. The summed E-state index contributed by atoms with van der Waals surface area (Å²) in [6.07, 6.45) is 1.76. The van der Waals surface area contributed by atoms with E-state index in [9.17, 15) is 0 Å². The lowest BCUT2D eigenvalue weighted by atomic mass is 10.2. The highest BCUT2D eigenvalue weighted by Crippen LogP contribution is 2.33. The molecule has 0 atom stereocenters. The molecule has 82 valence electrons. The quantitative estimate of drug-likeness (QED) is 0.913. The molecule has 0 amide bonds. The number of aromatic nitrogens is 1. The highest BCUT2D eigenvalue weighted by molar-refractivity contribution is 9.10. The van der Waals surface area contributed by atoms with E-state index in [-0.39, 0.29) is 0 Å². The molecule has 1 aromatic carbocycles. The number of benzene rings is 1. The number of hydrogen-bond donors (Lipinski definition) is 1. The van der Waals surface area contributed by atoms with Crippen LogP contribution in [0.2, 0.25) is 0 Å². The Morgan fingerprint density at radius 2 is 2.06 bits per heavy atom. The van der Waals surface area contributed by atoms with Crippen molar-refractivity contribution >= 4 is 33.4 Å². The first-order valence-electron chi connectivity index (χ1n) is 4.81. The molecule has 0 saturated carbocycles. The summed E-state index contributed by atoms with van der Waals surface area (Å²) in [6.45, 7) is 2.08. The molecular weight excluding hydrogens is 284 g/mol. The van der Waals surface area contributed by atoms with Gasteiger partial charge >= 0.3 is 0 Å². The lowest BCUT2D eigenvalue weighted by Crippen LogP contribution is -1.92. The summed E-state index contributed by atoms with van der Waals surface area (Å²) >= 11 is 4.94. The summed E-state index contributed by atoms with van der Waals surface area (Å²) < 4.78 is 0.902. The summed E-state index contributed by atoms with van der Waals surface area (Å²) in [5, 5.41) is 0.845. The Kier molecular flexibility index (Phi) is 3.51. The molecule has 4 heteroatoms. The Bertz CT molecular complexity index is 514. The second-order valence-electron chi connectivity index (χ2n) is 3.42. The summed E-state index contributed by atoms with van der Waals surface area (Å²) in [6, 6.07) is 10.1. The van der Waals surface area contributed by atoms with Gasteiger partial charge in [0, 0.05) is 15.6 Å². The second kappa shape index (κ2) is 4.89. The van der Waals surface area contributed by atoms with Crippen LogP contribution in [0.4, 0.5) is 5.69 Å². The van der Waals surface area contributed by atoms with Crippen LogP contribution in [0.1, 0.15) is 5.56 Å². The van der Waals surface area contributed by atoms with Gasteiger partial charge in [-0.1, -0.05) is 30.0 Å². The van der Waals surface area contributed by atoms with Gasteiger partial charge in [-0.3, -0.25) is 0 Å². The highest BCUT2D eigenvalue weighted by Gasteiger charge is 2.05. The molecular formula is C12H11BrN2S. The first kappa shape index (κ1) is 11.5. The maximum absolute atomic E-state index is 5.91. The molecule has 0 fully saturated rings. The van der Waals surface area contributed by atoms with Crippen LogP contribution in [0.5, 0.6) is 0 Å². The topological polar surface area (TPSA) is 38.9 Å². The Morgan fingerprint density at radius 1 is 1.31 bits per heavy atom. The number of nitrogens with zero attached hydrogens (tertiary/aromatic N) is 1. The molecule has 16 heavy (non-hydrogen) atoms. The number of aryl methyl sites for hydroxylation is 1. The van der Waals surface area contributed by atoms with E-state index in [0.717, 1.165) is 9.50 Å². The summed E-state index contributed by atoms with van der Waals surface area (Å²) in [5.74, 6) is 0. The van der Waals surface area contributed by atoms with Crippen molar-refractivity contribution in [3.63, 3.8) is 0 Å². The number of pyridine rings is 1. The van der Waals surface area contributed by atoms with Gasteiger partial charge in [-0.25, -0.2) is 4.98 Å². The molecule has 2 N–H and O–H groups in total. The number of hydrogen-bond acceptors (Lipinski definition) is 3. The van der Waals surface area contributed by atoms with Gasteiger partial charge in [0.25, 0.3) is 0 Å². The van der Waals surface area contributed by atoms with Crippen molar-refractivity contribution in [3.05, 3.63) is 46.6 Å². The van der Waals surface area contributed by atoms with E-state index in [1.807, 2.05) is 18.2 Å². The molecule has 0 unspecified atom stereocenters. The van der Waals surface area contributed by atoms with E-state index in [1.54, 1.807) is 18.0 Å². The molecule has 0 aliphatic carbocycles. The molecule has 2 aromatic rings. The van der Waals surface area contributed by atoms with E-state index >= 15 is 0 Å². The standard InChI is InChI=1S/C12H11BrN2S/c1-8-4-2-3-5-11(8)16-12-10(14)6-9(13)7-15-12/h2-7H,14H2,1H3. The number of nitrogens with two attached hydrogens (primary N) is 1. The minimum atomic E-state index is 0.697.